The summed E-state index contributed by atoms with van der Waals surface area (Å²) in [5, 5.41) is 2.47. The molecule has 1 heterocycles. The fourth-order valence-corrected chi connectivity index (χ4v) is 3.12. The number of rotatable bonds is 6. The molecule has 8 heteroatoms. The molecule has 0 aliphatic rings. The van der Waals surface area contributed by atoms with Crippen molar-refractivity contribution >= 4 is 29.3 Å². The number of pyridine rings is 1. The average molecular weight is 400 g/mol. The van der Waals surface area contributed by atoms with E-state index in [1.165, 1.54) is 30.1 Å². The second kappa shape index (κ2) is 9.09. The molecular weight excluding hydrogens is 386 g/mol. The molecule has 142 valence electrons. The van der Waals surface area contributed by atoms with E-state index in [2.05, 4.69) is 10.3 Å². The Morgan fingerprint density at radius 2 is 1.68 bits per heavy atom. The first-order valence-corrected chi connectivity index (χ1v) is 8.95. The van der Waals surface area contributed by atoms with E-state index in [1.807, 2.05) is 30.3 Å². The zero-order valence-corrected chi connectivity index (χ0v) is 15.2. The molecule has 1 amide bonds. The number of hydrogen-bond donors (Lipinski definition) is 1. The van der Waals surface area contributed by atoms with Crippen LogP contribution in [0.25, 0.3) is 0 Å². The van der Waals surface area contributed by atoms with Crippen LogP contribution in [0.15, 0.2) is 76.8 Å². The molecule has 5 nitrogen and oxygen atoms in total. The summed E-state index contributed by atoms with van der Waals surface area (Å²) in [6, 6.07) is 15.6. The maximum atomic E-state index is 13.6. The van der Waals surface area contributed by atoms with Gasteiger partial charge in [-0.25, -0.2) is 18.6 Å². The average Bonchev–Trinajstić information content (AvgIpc) is 2.70. The Balaban J connectivity index is 1.64. The van der Waals surface area contributed by atoms with Crippen molar-refractivity contribution < 1.29 is 23.1 Å². The predicted octanol–water partition coefficient (Wildman–Crippen LogP) is 4.31. The molecule has 0 saturated heterocycles. The molecule has 0 aliphatic heterocycles. The molecule has 0 saturated carbocycles. The van der Waals surface area contributed by atoms with Gasteiger partial charge in [0.2, 0.25) is 0 Å². The molecule has 0 atom stereocenters. The first kappa shape index (κ1) is 19.5. The molecular formula is C20H14F2N2O3S. The summed E-state index contributed by atoms with van der Waals surface area (Å²) in [6.07, 6.45) is 1.54. The van der Waals surface area contributed by atoms with Crippen LogP contribution in [0, 0.1) is 11.6 Å². The summed E-state index contributed by atoms with van der Waals surface area (Å²) in [6.45, 7) is -0.697. The maximum Gasteiger partial charge on any atom is 0.341 e. The number of aromatic nitrogens is 1. The van der Waals surface area contributed by atoms with Crippen molar-refractivity contribution in [3.05, 3.63) is 84.1 Å². The van der Waals surface area contributed by atoms with Gasteiger partial charge in [0, 0.05) is 11.1 Å². The van der Waals surface area contributed by atoms with E-state index in [-0.39, 0.29) is 5.56 Å². The van der Waals surface area contributed by atoms with Crippen LogP contribution in [0.3, 0.4) is 0 Å². The van der Waals surface area contributed by atoms with Gasteiger partial charge in [0.25, 0.3) is 5.91 Å². The van der Waals surface area contributed by atoms with E-state index in [9.17, 15) is 18.4 Å². The lowest BCUT2D eigenvalue weighted by Crippen LogP contribution is -2.22. The molecule has 1 N–H and O–H groups in total. The Kier molecular flexibility index (Phi) is 6.33. The number of para-hydroxylation sites is 1. The van der Waals surface area contributed by atoms with E-state index >= 15 is 0 Å². The molecule has 3 aromatic rings. The van der Waals surface area contributed by atoms with Crippen molar-refractivity contribution in [3.8, 4) is 0 Å². The van der Waals surface area contributed by atoms with Gasteiger partial charge < -0.3 is 10.1 Å². The highest BCUT2D eigenvalue weighted by Crippen LogP contribution is 2.28. The van der Waals surface area contributed by atoms with Crippen LogP contribution in [0.1, 0.15) is 10.4 Å². The third-order valence-electron chi connectivity index (χ3n) is 3.51. The van der Waals surface area contributed by atoms with Crippen molar-refractivity contribution in [1.82, 2.24) is 4.98 Å². The van der Waals surface area contributed by atoms with E-state index in [0.29, 0.717) is 5.03 Å². The molecule has 0 bridgehead atoms. The Morgan fingerprint density at radius 3 is 2.39 bits per heavy atom. The number of amides is 1. The van der Waals surface area contributed by atoms with Crippen LogP contribution in [0.5, 0.6) is 0 Å². The van der Waals surface area contributed by atoms with E-state index in [1.54, 1.807) is 6.07 Å². The maximum absolute atomic E-state index is 13.6. The van der Waals surface area contributed by atoms with Crippen LogP contribution in [0.2, 0.25) is 0 Å². The lowest BCUT2D eigenvalue weighted by molar-refractivity contribution is -0.119. The molecule has 1 aromatic heterocycles. The largest absolute Gasteiger partial charge is 0.452 e. The second-order valence-corrected chi connectivity index (χ2v) is 6.55. The number of hydrogen-bond acceptors (Lipinski definition) is 5. The van der Waals surface area contributed by atoms with Gasteiger partial charge in [-0.1, -0.05) is 36.0 Å². The lowest BCUT2D eigenvalue weighted by Gasteiger charge is -2.10. The highest BCUT2D eigenvalue weighted by molar-refractivity contribution is 7.99. The Hall–Kier alpha value is -3.26. The number of carbonyl (C=O) groups excluding carboxylic acids is 2. The minimum atomic E-state index is -0.923. The normalized spacial score (nSPS) is 10.4. The van der Waals surface area contributed by atoms with Gasteiger partial charge in [0.05, 0.1) is 5.56 Å². The molecule has 2 aromatic carbocycles. The summed E-state index contributed by atoms with van der Waals surface area (Å²) in [4.78, 5) is 29.3. The van der Waals surface area contributed by atoms with Gasteiger partial charge in [0.1, 0.15) is 22.3 Å². The number of halogens is 2. The standard InChI is InChI=1S/C20H14F2N2O3S/c21-15-9-4-10-16(22)18(15)24-17(25)12-27-20(26)14-8-5-11-23-19(14)28-13-6-2-1-3-7-13/h1-11H,12H2,(H,24,25). The van der Waals surface area contributed by atoms with E-state index in [4.69, 9.17) is 4.74 Å². The van der Waals surface area contributed by atoms with Gasteiger partial charge in [-0.15, -0.1) is 0 Å². The molecule has 0 aliphatic carbocycles. The molecule has 0 spiro atoms. The van der Waals surface area contributed by atoms with Crippen LogP contribution in [-0.2, 0) is 9.53 Å². The van der Waals surface area contributed by atoms with E-state index < -0.39 is 35.8 Å². The lowest BCUT2D eigenvalue weighted by atomic mass is 10.3. The third-order valence-corrected chi connectivity index (χ3v) is 4.54. The Labute approximate surface area is 163 Å². The number of ether oxygens (including phenoxy) is 1. The fraction of sp³-hybridized carbons (Fsp3) is 0.0500. The summed E-state index contributed by atoms with van der Waals surface area (Å²) < 4.78 is 32.1. The monoisotopic (exact) mass is 400 g/mol. The minimum absolute atomic E-state index is 0.182. The number of carbonyl (C=O) groups is 2. The second-order valence-electron chi connectivity index (χ2n) is 5.49. The first-order valence-electron chi connectivity index (χ1n) is 8.13. The van der Waals surface area contributed by atoms with Gasteiger partial charge in [-0.05, 0) is 36.4 Å². The van der Waals surface area contributed by atoms with Crippen molar-refractivity contribution in [2.75, 3.05) is 11.9 Å². The van der Waals surface area contributed by atoms with Gasteiger partial charge >= 0.3 is 5.97 Å². The van der Waals surface area contributed by atoms with Crippen LogP contribution in [-0.4, -0.2) is 23.5 Å². The molecule has 0 fully saturated rings. The first-order chi connectivity index (χ1) is 13.5. The smallest absolute Gasteiger partial charge is 0.341 e. The highest BCUT2D eigenvalue weighted by atomic mass is 32.2. The number of nitrogens with one attached hydrogen (secondary N) is 1. The van der Waals surface area contributed by atoms with Crippen LogP contribution < -0.4 is 5.32 Å². The summed E-state index contributed by atoms with van der Waals surface area (Å²) in [7, 11) is 0. The zero-order valence-electron chi connectivity index (χ0n) is 14.4. The fourth-order valence-electron chi connectivity index (χ4n) is 2.23. The summed E-state index contributed by atoms with van der Waals surface area (Å²) in [5.74, 6) is -3.48. The van der Waals surface area contributed by atoms with Crippen molar-refractivity contribution in [2.45, 2.75) is 9.92 Å². The van der Waals surface area contributed by atoms with Gasteiger partial charge in [-0.3, -0.25) is 4.79 Å². The topological polar surface area (TPSA) is 68.3 Å². The Morgan fingerprint density at radius 1 is 0.964 bits per heavy atom. The molecule has 0 unspecified atom stereocenters. The predicted molar refractivity (Wildman–Crippen MR) is 100 cm³/mol. The quantitative estimate of drug-likeness (QED) is 0.625. The summed E-state index contributed by atoms with van der Waals surface area (Å²) >= 11 is 1.27. The van der Waals surface area contributed by atoms with Crippen LogP contribution >= 0.6 is 11.8 Å². The summed E-state index contributed by atoms with van der Waals surface area (Å²) in [5.41, 5.74) is -0.411. The van der Waals surface area contributed by atoms with Crippen molar-refractivity contribution in [2.24, 2.45) is 0 Å². The number of nitrogens with zero attached hydrogens (tertiary/aromatic N) is 1. The molecule has 0 radical (unpaired) electrons. The number of anilines is 1. The van der Waals surface area contributed by atoms with Gasteiger partial charge in [-0.2, -0.15) is 0 Å². The van der Waals surface area contributed by atoms with E-state index in [0.717, 1.165) is 17.0 Å². The Bertz CT molecular complexity index is 980. The number of benzene rings is 2. The van der Waals surface area contributed by atoms with Crippen molar-refractivity contribution in [3.63, 3.8) is 0 Å². The zero-order chi connectivity index (χ0) is 19.9. The molecule has 3 rings (SSSR count). The highest BCUT2D eigenvalue weighted by Gasteiger charge is 2.18. The SMILES string of the molecule is O=C(COC(=O)c1cccnc1Sc1ccccc1)Nc1c(F)cccc1F. The van der Waals surface area contributed by atoms with Crippen molar-refractivity contribution in [1.29, 1.82) is 0 Å². The third kappa shape index (κ3) is 4.92. The number of esters is 1. The molecule has 28 heavy (non-hydrogen) atoms. The van der Waals surface area contributed by atoms with Gasteiger partial charge in [0.15, 0.2) is 6.61 Å². The van der Waals surface area contributed by atoms with Crippen LogP contribution in [0.4, 0.5) is 14.5 Å². The minimum Gasteiger partial charge on any atom is -0.452 e.